The molecule has 2 aliphatic rings. The Hall–Kier alpha value is -1.87. The summed E-state index contributed by atoms with van der Waals surface area (Å²) < 4.78 is 12.8. The average Bonchev–Trinajstić information content (AvgIpc) is 3.10. The van der Waals surface area contributed by atoms with Crippen molar-refractivity contribution >= 4 is 33.3 Å². The van der Waals surface area contributed by atoms with Gasteiger partial charge in [-0.3, -0.25) is 9.59 Å². The van der Waals surface area contributed by atoms with Gasteiger partial charge in [0.25, 0.3) is 0 Å². The summed E-state index contributed by atoms with van der Waals surface area (Å²) in [4.78, 5) is 30.8. The molecule has 0 bridgehead atoms. The summed E-state index contributed by atoms with van der Waals surface area (Å²) in [6.07, 6.45) is 0.939. The topological polar surface area (TPSA) is 109 Å². The maximum Gasteiger partial charge on any atom is 0.309 e. The van der Waals surface area contributed by atoms with E-state index in [1.54, 1.807) is 25.2 Å². The normalized spacial score (nSPS) is 36.3. The fraction of sp³-hybridized carbons (Fsp3) is 0.679. The van der Waals surface area contributed by atoms with Gasteiger partial charge in [0.1, 0.15) is 17.5 Å². The first kappa shape index (κ1) is 27.2. The molecule has 0 radical (unpaired) electrons. The molecular formula is C28H39NO6S. The number of carbonyl (C=O) groups excluding carboxylic acids is 2. The number of aromatic nitrogens is 1. The first-order valence-corrected chi connectivity index (χ1v) is 13.8. The van der Waals surface area contributed by atoms with Crippen molar-refractivity contribution in [1.29, 1.82) is 0 Å². The number of aliphatic hydroxyl groups excluding tert-OH is 1. The number of hydrogen-bond acceptors (Lipinski definition) is 8. The predicted molar refractivity (Wildman–Crippen MR) is 138 cm³/mol. The molecule has 0 amide bonds. The Kier molecular flexibility index (Phi) is 7.38. The van der Waals surface area contributed by atoms with E-state index in [0.29, 0.717) is 24.3 Å². The number of fused-ring (bicyclic) bond motifs is 2. The summed E-state index contributed by atoms with van der Waals surface area (Å²) in [5.41, 5.74) is -0.295. The summed E-state index contributed by atoms with van der Waals surface area (Å²) >= 11 is 1.58. The zero-order valence-corrected chi connectivity index (χ0v) is 23.0. The lowest BCUT2D eigenvalue weighted by atomic mass is 9.74. The molecule has 6 unspecified atom stereocenters. The second kappa shape index (κ2) is 9.78. The van der Waals surface area contributed by atoms with E-state index in [4.69, 9.17) is 9.47 Å². The standard InChI is InChI=1S/C28H39NO6S/c1-16-8-7-11-27(6)28(33,35-27)15-21(19-9-10-22-20(13-19)29-18(3)36-22)34-24(31)14-23(30)26(4,5)25(32)17(2)12-16/h9-10,13,16-17,21,23,30,33H,7-8,11-12,14-15H2,1-6H3. The molecule has 0 spiro atoms. The van der Waals surface area contributed by atoms with Crippen molar-refractivity contribution in [3.05, 3.63) is 28.8 Å². The van der Waals surface area contributed by atoms with Crippen LogP contribution in [0, 0.1) is 24.2 Å². The smallest absolute Gasteiger partial charge is 0.309 e. The SMILES string of the molecule is Cc1nc2cc(C3CC4(O)OC4(C)CCCC(C)CC(C)C(=O)C(C)(C)C(O)CC(=O)O3)ccc2s1. The molecule has 36 heavy (non-hydrogen) atoms. The minimum absolute atomic E-state index is 0.0467. The highest BCUT2D eigenvalue weighted by atomic mass is 32.1. The highest BCUT2D eigenvalue weighted by molar-refractivity contribution is 7.18. The zero-order valence-electron chi connectivity index (χ0n) is 22.2. The van der Waals surface area contributed by atoms with E-state index < -0.39 is 35.0 Å². The highest BCUT2D eigenvalue weighted by Crippen LogP contribution is 2.54. The molecule has 2 N–H and O–H groups in total. The number of cyclic esters (lactones) is 1. The molecular weight excluding hydrogens is 478 g/mol. The van der Waals surface area contributed by atoms with Gasteiger partial charge in [-0.25, -0.2) is 4.98 Å². The number of carbonyl (C=O) groups is 2. The van der Waals surface area contributed by atoms with Gasteiger partial charge >= 0.3 is 5.97 Å². The molecule has 2 fully saturated rings. The monoisotopic (exact) mass is 517 g/mol. The lowest BCUT2D eigenvalue weighted by molar-refractivity contribution is -0.158. The summed E-state index contributed by atoms with van der Waals surface area (Å²) in [5, 5.41) is 23.2. The van der Waals surface area contributed by atoms with E-state index >= 15 is 0 Å². The van der Waals surface area contributed by atoms with Crippen LogP contribution < -0.4 is 0 Å². The van der Waals surface area contributed by atoms with E-state index in [0.717, 1.165) is 28.1 Å². The molecule has 2 aliphatic heterocycles. The van der Waals surface area contributed by atoms with Gasteiger partial charge in [0.15, 0.2) is 5.79 Å². The van der Waals surface area contributed by atoms with E-state index in [-0.39, 0.29) is 24.5 Å². The minimum atomic E-state index is -1.41. The summed E-state index contributed by atoms with van der Waals surface area (Å²) in [6, 6.07) is 5.70. The van der Waals surface area contributed by atoms with Crippen LogP contribution in [0.1, 0.15) is 89.8 Å². The zero-order chi connectivity index (χ0) is 26.5. The van der Waals surface area contributed by atoms with Crippen LogP contribution in [0.2, 0.25) is 0 Å². The minimum Gasteiger partial charge on any atom is -0.457 e. The Labute approximate surface area is 217 Å². The Balaban J connectivity index is 1.64. The van der Waals surface area contributed by atoms with Crippen LogP contribution in [0.5, 0.6) is 0 Å². The molecule has 1 aromatic heterocycles. The first-order valence-electron chi connectivity index (χ1n) is 13.0. The van der Waals surface area contributed by atoms with Crippen LogP contribution >= 0.6 is 11.3 Å². The third kappa shape index (κ3) is 5.37. The molecule has 6 atom stereocenters. The average molecular weight is 518 g/mol. The molecule has 7 nitrogen and oxygen atoms in total. The molecule has 1 aromatic carbocycles. The Bertz CT molecular complexity index is 1140. The fourth-order valence-corrected chi connectivity index (χ4v) is 6.43. The molecule has 0 saturated carbocycles. The summed E-state index contributed by atoms with van der Waals surface area (Å²) in [6.45, 7) is 11.2. The Morgan fingerprint density at radius 3 is 2.61 bits per heavy atom. The number of Topliss-reactive ketones (excluding diaryl/α,β-unsaturated/α-hetero) is 1. The van der Waals surface area contributed by atoms with Gasteiger partial charge in [-0.2, -0.15) is 0 Å². The molecule has 3 heterocycles. The second-order valence-electron chi connectivity index (χ2n) is 11.7. The van der Waals surface area contributed by atoms with Gasteiger partial charge in [0.05, 0.1) is 33.2 Å². The van der Waals surface area contributed by atoms with E-state index in [2.05, 4.69) is 11.9 Å². The van der Waals surface area contributed by atoms with E-state index in [9.17, 15) is 19.8 Å². The second-order valence-corrected chi connectivity index (χ2v) is 12.9. The van der Waals surface area contributed by atoms with Gasteiger partial charge in [0, 0.05) is 12.3 Å². The first-order chi connectivity index (χ1) is 16.7. The lowest BCUT2D eigenvalue weighted by Gasteiger charge is -2.32. The summed E-state index contributed by atoms with van der Waals surface area (Å²) in [7, 11) is 0. The third-order valence-corrected chi connectivity index (χ3v) is 9.14. The van der Waals surface area contributed by atoms with Crippen LogP contribution in [0.3, 0.4) is 0 Å². The fourth-order valence-electron chi connectivity index (χ4n) is 5.63. The van der Waals surface area contributed by atoms with Crippen LogP contribution in [-0.2, 0) is 19.1 Å². The number of hydrogen-bond donors (Lipinski definition) is 2. The highest BCUT2D eigenvalue weighted by Gasteiger charge is 2.66. The number of ketones is 1. The molecule has 198 valence electrons. The molecule has 2 aromatic rings. The quantitative estimate of drug-likeness (QED) is 0.393. The number of ether oxygens (including phenoxy) is 2. The van der Waals surface area contributed by atoms with Gasteiger partial charge in [-0.15, -0.1) is 11.3 Å². The van der Waals surface area contributed by atoms with Gasteiger partial charge in [0.2, 0.25) is 0 Å². The lowest BCUT2D eigenvalue weighted by Crippen LogP contribution is -2.42. The van der Waals surface area contributed by atoms with Gasteiger partial charge < -0.3 is 19.7 Å². The number of aliphatic hydroxyl groups is 2. The van der Waals surface area contributed by atoms with E-state index in [1.807, 2.05) is 39.0 Å². The number of benzene rings is 1. The van der Waals surface area contributed by atoms with Crippen molar-refractivity contribution in [2.75, 3.05) is 0 Å². The molecule has 8 heteroatoms. The van der Waals surface area contributed by atoms with Crippen molar-refractivity contribution in [1.82, 2.24) is 4.98 Å². The van der Waals surface area contributed by atoms with Gasteiger partial charge in [-0.1, -0.05) is 46.6 Å². The van der Waals surface area contributed by atoms with Crippen molar-refractivity contribution in [3.8, 4) is 0 Å². The van der Waals surface area contributed by atoms with Crippen LogP contribution in [0.4, 0.5) is 0 Å². The number of nitrogens with zero attached hydrogens (tertiary/aromatic N) is 1. The predicted octanol–water partition coefficient (Wildman–Crippen LogP) is 5.25. The number of rotatable bonds is 1. The van der Waals surface area contributed by atoms with Crippen LogP contribution in [-0.4, -0.2) is 44.4 Å². The number of aryl methyl sites for hydroxylation is 1. The van der Waals surface area contributed by atoms with Crippen molar-refractivity contribution in [2.45, 2.75) is 104 Å². The van der Waals surface area contributed by atoms with Crippen molar-refractivity contribution < 1.29 is 29.3 Å². The number of esters is 1. The van der Waals surface area contributed by atoms with Crippen molar-refractivity contribution in [3.63, 3.8) is 0 Å². The third-order valence-electron chi connectivity index (χ3n) is 8.19. The van der Waals surface area contributed by atoms with Crippen LogP contribution in [0.15, 0.2) is 18.2 Å². The molecule has 2 saturated heterocycles. The van der Waals surface area contributed by atoms with Crippen LogP contribution in [0.25, 0.3) is 10.2 Å². The molecule has 4 rings (SSSR count). The largest absolute Gasteiger partial charge is 0.457 e. The number of epoxide rings is 1. The maximum atomic E-state index is 13.2. The molecule has 0 aliphatic carbocycles. The number of thiazole rings is 1. The van der Waals surface area contributed by atoms with E-state index in [1.165, 1.54) is 0 Å². The summed E-state index contributed by atoms with van der Waals surface area (Å²) in [5.74, 6) is -2.01. The van der Waals surface area contributed by atoms with Crippen molar-refractivity contribution in [2.24, 2.45) is 17.3 Å². The maximum absolute atomic E-state index is 13.2. The Morgan fingerprint density at radius 1 is 1.17 bits per heavy atom. The van der Waals surface area contributed by atoms with Gasteiger partial charge in [-0.05, 0) is 50.3 Å². The Morgan fingerprint density at radius 2 is 1.89 bits per heavy atom.